The zero-order valence-corrected chi connectivity index (χ0v) is 17.8. The molecule has 1 atom stereocenters. The van der Waals surface area contributed by atoms with Crippen LogP contribution >= 0.6 is 11.6 Å². The van der Waals surface area contributed by atoms with Crippen LogP contribution in [0.4, 0.5) is 4.79 Å². The van der Waals surface area contributed by atoms with Gasteiger partial charge in [-0.05, 0) is 53.9 Å². The minimum Gasteiger partial charge on any atom is -0.497 e. The molecule has 0 saturated carbocycles. The number of ether oxygens (including phenoxy) is 1. The predicted octanol–water partition coefficient (Wildman–Crippen LogP) is 5.01. The summed E-state index contributed by atoms with van der Waals surface area (Å²) in [6, 6.07) is 22.4. The van der Waals surface area contributed by atoms with Crippen molar-refractivity contribution in [3.63, 3.8) is 0 Å². The molecule has 0 radical (unpaired) electrons. The zero-order chi connectivity index (χ0) is 21.6. The normalized spacial score (nSPS) is 11.8. The van der Waals surface area contributed by atoms with Crippen molar-refractivity contribution in [2.24, 2.45) is 0 Å². The summed E-state index contributed by atoms with van der Waals surface area (Å²) < 4.78 is 5.24. The molecule has 7 heteroatoms. The highest BCUT2D eigenvalue weighted by Gasteiger charge is 2.19. The van der Waals surface area contributed by atoms with Crippen LogP contribution in [0, 0.1) is 0 Å². The number of hydrogen-bond acceptors (Lipinski definition) is 3. The van der Waals surface area contributed by atoms with E-state index in [4.69, 9.17) is 16.3 Å². The number of carbonyl (C=O) groups excluding carboxylic acids is 1. The predicted molar refractivity (Wildman–Crippen MR) is 122 cm³/mol. The van der Waals surface area contributed by atoms with Gasteiger partial charge in [-0.3, -0.25) is 0 Å². The molecule has 0 saturated heterocycles. The molecule has 4 aromatic rings. The number of aromatic amines is 1. The summed E-state index contributed by atoms with van der Waals surface area (Å²) in [5, 5.41) is 6.58. The minimum atomic E-state index is -0.333. The Hall–Kier alpha value is -3.51. The largest absolute Gasteiger partial charge is 0.497 e. The first kappa shape index (κ1) is 20.8. The van der Waals surface area contributed by atoms with E-state index in [1.165, 1.54) is 0 Å². The smallest absolute Gasteiger partial charge is 0.315 e. The van der Waals surface area contributed by atoms with Crippen molar-refractivity contribution in [1.82, 2.24) is 20.6 Å². The van der Waals surface area contributed by atoms with E-state index < -0.39 is 0 Å². The van der Waals surface area contributed by atoms with Crippen molar-refractivity contribution in [1.29, 1.82) is 0 Å². The first-order valence-electron chi connectivity index (χ1n) is 9.97. The molecule has 4 rings (SSSR count). The fourth-order valence-corrected chi connectivity index (χ4v) is 3.60. The standard InChI is InChI=1S/C24H23ClN4O2/c1-31-19-11-9-16(10-12-19)14-22(23-27-20-7-2-3-8-21(20)28-23)29-24(30)26-15-17-5-4-6-18(25)13-17/h2-13,22H,14-15H2,1H3,(H,27,28)(H2,26,29,30). The maximum Gasteiger partial charge on any atom is 0.315 e. The lowest BCUT2D eigenvalue weighted by Gasteiger charge is -2.18. The highest BCUT2D eigenvalue weighted by atomic mass is 35.5. The van der Waals surface area contributed by atoms with Gasteiger partial charge in [0.2, 0.25) is 0 Å². The molecule has 1 unspecified atom stereocenters. The summed E-state index contributed by atoms with van der Waals surface area (Å²) in [6.45, 7) is 0.377. The number of nitrogens with zero attached hydrogens (tertiary/aromatic N) is 1. The Balaban J connectivity index is 1.51. The van der Waals surface area contributed by atoms with Crippen LogP contribution in [0.25, 0.3) is 11.0 Å². The molecule has 6 nitrogen and oxygen atoms in total. The van der Waals surface area contributed by atoms with Gasteiger partial charge in [0.15, 0.2) is 0 Å². The first-order valence-corrected chi connectivity index (χ1v) is 10.3. The lowest BCUT2D eigenvalue weighted by Crippen LogP contribution is -2.38. The Morgan fingerprint density at radius 2 is 1.87 bits per heavy atom. The molecule has 0 aliphatic rings. The third kappa shape index (κ3) is 5.35. The van der Waals surface area contributed by atoms with E-state index in [2.05, 4.69) is 20.6 Å². The average molecular weight is 435 g/mol. The van der Waals surface area contributed by atoms with Crippen molar-refractivity contribution in [3.8, 4) is 5.75 Å². The topological polar surface area (TPSA) is 79.0 Å². The molecule has 1 aromatic heterocycles. The number of para-hydroxylation sites is 2. The highest BCUT2D eigenvalue weighted by Crippen LogP contribution is 2.21. The molecule has 0 aliphatic carbocycles. The number of fused-ring (bicyclic) bond motifs is 1. The molecule has 0 aliphatic heterocycles. The van der Waals surface area contributed by atoms with E-state index in [0.29, 0.717) is 23.8 Å². The molecule has 1 heterocycles. The summed E-state index contributed by atoms with van der Waals surface area (Å²) in [6.07, 6.45) is 0.578. The molecule has 31 heavy (non-hydrogen) atoms. The zero-order valence-electron chi connectivity index (χ0n) is 17.1. The van der Waals surface area contributed by atoms with Crippen LogP contribution in [0.3, 0.4) is 0 Å². The Morgan fingerprint density at radius 3 is 2.61 bits per heavy atom. The number of urea groups is 1. The molecule has 0 bridgehead atoms. The van der Waals surface area contributed by atoms with E-state index in [9.17, 15) is 4.79 Å². The lowest BCUT2D eigenvalue weighted by atomic mass is 10.1. The highest BCUT2D eigenvalue weighted by molar-refractivity contribution is 6.30. The number of amides is 2. The number of methoxy groups -OCH3 is 1. The van der Waals surface area contributed by atoms with Gasteiger partial charge in [0.25, 0.3) is 0 Å². The number of rotatable bonds is 7. The average Bonchev–Trinajstić information content (AvgIpc) is 3.22. The third-order valence-electron chi connectivity index (χ3n) is 4.98. The maximum atomic E-state index is 12.7. The number of hydrogen-bond donors (Lipinski definition) is 3. The number of carbonyl (C=O) groups is 1. The van der Waals surface area contributed by atoms with Gasteiger partial charge in [0.05, 0.1) is 24.2 Å². The van der Waals surface area contributed by atoms with Crippen LogP contribution < -0.4 is 15.4 Å². The first-order chi connectivity index (χ1) is 15.1. The van der Waals surface area contributed by atoms with Crippen LogP contribution in [-0.4, -0.2) is 23.1 Å². The van der Waals surface area contributed by atoms with Crippen LogP contribution in [0.1, 0.15) is 23.0 Å². The quantitative estimate of drug-likeness (QED) is 0.382. The van der Waals surface area contributed by atoms with Crippen molar-refractivity contribution in [2.45, 2.75) is 19.0 Å². The number of nitrogens with one attached hydrogen (secondary N) is 3. The van der Waals surface area contributed by atoms with Crippen LogP contribution in [0.5, 0.6) is 5.75 Å². The Bertz CT molecular complexity index is 1140. The molecule has 3 aromatic carbocycles. The van der Waals surface area contributed by atoms with Crippen molar-refractivity contribution < 1.29 is 9.53 Å². The van der Waals surface area contributed by atoms with Crippen molar-refractivity contribution >= 4 is 28.7 Å². The second-order valence-corrected chi connectivity index (χ2v) is 7.64. The van der Waals surface area contributed by atoms with Gasteiger partial charge in [-0.2, -0.15) is 0 Å². The van der Waals surface area contributed by atoms with Crippen LogP contribution in [0.2, 0.25) is 5.02 Å². The lowest BCUT2D eigenvalue weighted by molar-refractivity contribution is 0.236. The Labute approximate surface area is 185 Å². The van der Waals surface area contributed by atoms with Crippen molar-refractivity contribution in [2.75, 3.05) is 7.11 Å². The summed E-state index contributed by atoms with van der Waals surface area (Å²) in [7, 11) is 1.64. The van der Waals surface area contributed by atoms with Gasteiger partial charge in [0, 0.05) is 11.6 Å². The van der Waals surface area contributed by atoms with E-state index in [0.717, 1.165) is 27.9 Å². The fraction of sp³-hybridized carbons (Fsp3) is 0.167. The van der Waals surface area contributed by atoms with Gasteiger partial charge in [0.1, 0.15) is 11.6 Å². The van der Waals surface area contributed by atoms with E-state index >= 15 is 0 Å². The molecular weight excluding hydrogens is 412 g/mol. The third-order valence-corrected chi connectivity index (χ3v) is 5.22. The van der Waals surface area contributed by atoms with Crippen LogP contribution in [0.15, 0.2) is 72.8 Å². The van der Waals surface area contributed by atoms with E-state index in [-0.39, 0.29) is 12.1 Å². The summed E-state index contributed by atoms with van der Waals surface area (Å²) in [4.78, 5) is 20.7. The SMILES string of the molecule is COc1ccc(CC(NC(=O)NCc2cccc(Cl)c2)c2nc3ccccc3[nH]2)cc1. The van der Waals surface area contributed by atoms with Crippen LogP contribution in [-0.2, 0) is 13.0 Å². The molecule has 2 amide bonds. The summed E-state index contributed by atoms with van der Waals surface area (Å²) >= 11 is 6.03. The second-order valence-electron chi connectivity index (χ2n) is 7.20. The second kappa shape index (κ2) is 9.53. The Kier molecular flexibility index (Phi) is 6.38. The van der Waals surface area contributed by atoms with Gasteiger partial charge >= 0.3 is 6.03 Å². The number of benzene rings is 3. The summed E-state index contributed by atoms with van der Waals surface area (Å²) in [5.41, 5.74) is 3.77. The molecule has 158 valence electrons. The number of aromatic nitrogens is 2. The van der Waals surface area contributed by atoms with Gasteiger partial charge in [-0.1, -0.05) is 48.0 Å². The summed E-state index contributed by atoms with van der Waals surface area (Å²) in [5.74, 6) is 1.49. The van der Waals surface area contributed by atoms with E-state index in [1.54, 1.807) is 13.2 Å². The monoisotopic (exact) mass is 434 g/mol. The minimum absolute atomic E-state index is 0.279. The van der Waals surface area contributed by atoms with E-state index in [1.807, 2.05) is 66.7 Å². The van der Waals surface area contributed by atoms with Gasteiger partial charge in [-0.25, -0.2) is 9.78 Å². The van der Waals surface area contributed by atoms with Gasteiger partial charge < -0.3 is 20.4 Å². The maximum absolute atomic E-state index is 12.7. The van der Waals surface area contributed by atoms with Crippen molar-refractivity contribution in [3.05, 3.63) is 94.8 Å². The Morgan fingerprint density at radius 1 is 1.06 bits per heavy atom. The number of halogens is 1. The molecule has 0 fully saturated rings. The van der Waals surface area contributed by atoms with Gasteiger partial charge in [-0.15, -0.1) is 0 Å². The molecule has 3 N–H and O–H groups in total. The number of H-pyrrole nitrogens is 1. The fourth-order valence-electron chi connectivity index (χ4n) is 3.39. The molecular formula is C24H23ClN4O2. The molecule has 0 spiro atoms. The number of imidazole rings is 1.